The Balaban J connectivity index is 2.82. The van der Waals surface area contributed by atoms with Crippen LogP contribution in [0.1, 0.15) is 76.2 Å². The first-order valence-electron chi connectivity index (χ1n) is 7.35. The Kier molecular flexibility index (Phi) is 5.77. The van der Waals surface area contributed by atoms with Gasteiger partial charge in [0.1, 0.15) is 0 Å². The Labute approximate surface area is 112 Å². The molecule has 1 aromatic heterocycles. The maximum absolute atomic E-state index is 4.29. The van der Waals surface area contributed by atoms with Crippen LogP contribution in [0.5, 0.6) is 0 Å². The van der Waals surface area contributed by atoms with E-state index in [9.17, 15) is 0 Å². The summed E-state index contributed by atoms with van der Waals surface area (Å²) in [6.07, 6.45) is 7.76. The van der Waals surface area contributed by atoms with Crippen molar-refractivity contribution in [3.63, 3.8) is 0 Å². The summed E-state index contributed by atoms with van der Waals surface area (Å²) in [5.74, 6) is 0. The fourth-order valence-electron chi connectivity index (χ4n) is 2.60. The summed E-state index contributed by atoms with van der Waals surface area (Å²) in [7, 11) is 0. The number of aromatic nitrogens is 2. The van der Waals surface area contributed by atoms with Gasteiger partial charge in [0, 0.05) is 0 Å². The Morgan fingerprint density at radius 3 is 2.39 bits per heavy atom. The predicted octanol–water partition coefficient (Wildman–Crippen LogP) is 4.73. The highest BCUT2D eigenvalue weighted by Gasteiger charge is 2.26. The molecular formula is C16H28N2. The minimum Gasteiger partial charge on any atom is -0.156 e. The van der Waals surface area contributed by atoms with Gasteiger partial charge in [0.05, 0.1) is 11.4 Å². The van der Waals surface area contributed by atoms with Crippen molar-refractivity contribution in [3.05, 3.63) is 23.0 Å². The van der Waals surface area contributed by atoms with Crippen LogP contribution < -0.4 is 0 Å². The third-order valence-corrected chi connectivity index (χ3v) is 4.11. The molecule has 2 heteroatoms. The van der Waals surface area contributed by atoms with Gasteiger partial charge in [-0.2, -0.15) is 10.2 Å². The second kappa shape index (κ2) is 6.86. The Bertz CT molecular complexity index is 373. The first kappa shape index (κ1) is 15.1. The molecule has 0 N–H and O–H groups in total. The number of nitrogens with zero attached hydrogens (tertiary/aromatic N) is 2. The molecule has 1 aromatic rings. The van der Waals surface area contributed by atoms with E-state index in [1.54, 1.807) is 0 Å². The van der Waals surface area contributed by atoms with Gasteiger partial charge in [0.15, 0.2) is 0 Å². The molecule has 1 rings (SSSR count). The summed E-state index contributed by atoms with van der Waals surface area (Å²) < 4.78 is 0. The van der Waals surface area contributed by atoms with Crippen LogP contribution in [0.3, 0.4) is 0 Å². The second-order valence-electron chi connectivity index (χ2n) is 5.71. The maximum Gasteiger partial charge on any atom is 0.0637 e. The van der Waals surface area contributed by atoms with E-state index in [2.05, 4.69) is 44.0 Å². The SMILES string of the molecule is CCCCCCC(C)(CC)c1cc(C)nnc1C. The molecule has 0 aromatic carbocycles. The Hall–Kier alpha value is -0.920. The fraction of sp³-hybridized carbons (Fsp3) is 0.750. The molecule has 1 atom stereocenters. The van der Waals surface area contributed by atoms with Crippen LogP contribution in [0.25, 0.3) is 0 Å². The average Bonchev–Trinajstić information content (AvgIpc) is 2.37. The topological polar surface area (TPSA) is 25.8 Å². The van der Waals surface area contributed by atoms with Crippen LogP contribution in [-0.4, -0.2) is 10.2 Å². The number of rotatable bonds is 7. The molecule has 0 radical (unpaired) electrons. The van der Waals surface area contributed by atoms with E-state index in [0.717, 1.165) is 11.4 Å². The van der Waals surface area contributed by atoms with Crippen LogP contribution >= 0.6 is 0 Å². The molecule has 1 heterocycles. The first-order chi connectivity index (χ1) is 8.53. The zero-order chi connectivity index (χ0) is 13.6. The molecule has 0 bridgehead atoms. The van der Waals surface area contributed by atoms with Gasteiger partial charge in [-0.15, -0.1) is 0 Å². The number of hydrogen-bond donors (Lipinski definition) is 0. The molecule has 0 aliphatic rings. The van der Waals surface area contributed by atoms with Gasteiger partial charge >= 0.3 is 0 Å². The van der Waals surface area contributed by atoms with Crippen molar-refractivity contribution in [1.29, 1.82) is 0 Å². The van der Waals surface area contributed by atoms with Gasteiger partial charge in [-0.05, 0) is 43.7 Å². The van der Waals surface area contributed by atoms with E-state index < -0.39 is 0 Å². The number of aryl methyl sites for hydroxylation is 2. The summed E-state index contributed by atoms with van der Waals surface area (Å²) in [5.41, 5.74) is 3.79. The molecule has 102 valence electrons. The van der Waals surface area contributed by atoms with Crippen LogP contribution in [-0.2, 0) is 5.41 Å². The van der Waals surface area contributed by atoms with Crippen LogP contribution in [0, 0.1) is 13.8 Å². The van der Waals surface area contributed by atoms with Crippen molar-refractivity contribution in [2.75, 3.05) is 0 Å². The minimum absolute atomic E-state index is 0.262. The monoisotopic (exact) mass is 248 g/mol. The lowest BCUT2D eigenvalue weighted by Gasteiger charge is -2.30. The normalized spacial score (nSPS) is 14.5. The fourth-order valence-corrected chi connectivity index (χ4v) is 2.60. The van der Waals surface area contributed by atoms with Crippen LogP contribution in [0.15, 0.2) is 6.07 Å². The van der Waals surface area contributed by atoms with E-state index >= 15 is 0 Å². The second-order valence-corrected chi connectivity index (χ2v) is 5.71. The first-order valence-corrected chi connectivity index (χ1v) is 7.35. The zero-order valence-corrected chi connectivity index (χ0v) is 12.7. The summed E-state index contributed by atoms with van der Waals surface area (Å²) in [5, 5.41) is 8.43. The quantitative estimate of drug-likeness (QED) is 0.652. The standard InChI is InChI=1S/C16H28N2/c1-6-8-9-10-11-16(5,7-2)15-12-13(3)17-18-14(15)4/h12H,6-11H2,1-5H3. The Morgan fingerprint density at radius 1 is 1.06 bits per heavy atom. The summed E-state index contributed by atoms with van der Waals surface area (Å²) >= 11 is 0. The van der Waals surface area contributed by atoms with E-state index in [4.69, 9.17) is 0 Å². The van der Waals surface area contributed by atoms with Crippen LogP contribution in [0.4, 0.5) is 0 Å². The average molecular weight is 248 g/mol. The lowest BCUT2D eigenvalue weighted by Crippen LogP contribution is -2.23. The number of unbranched alkanes of at least 4 members (excludes halogenated alkanes) is 3. The van der Waals surface area contributed by atoms with Crippen molar-refractivity contribution in [1.82, 2.24) is 10.2 Å². The summed E-state index contributed by atoms with van der Waals surface area (Å²) in [6, 6.07) is 2.23. The van der Waals surface area contributed by atoms with Crippen molar-refractivity contribution in [3.8, 4) is 0 Å². The minimum atomic E-state index is 0.262. The van der Waals surface area contributed by atoms with Crippen LogP contribution in [0.2, 0.25) is 0 Å². The molecule has 2 nitrogen and oxygen atoms in total. The van der Waals surface area contributed by atoms with Gasteiger partial charge in [-0.3, -0.25) is 0 Å². The predicted molar refractivity (Wildman–Crippen MR) is 77.9 cm³/mol. The van der Waals surface area contributed by atoms with Gasteiger partial charge in [0.25, 0.3) is 0 Å². The number of hydrogen-bond acceptors (Lipinski definition) is 2. The smallest absolute Gasteiger partial charge is 0.0637 e. The van der Waals surface area contributed by atoms with E-state index in [1.807, 2.05) is 6.92 Å². The zero-order valence-electron chi connectivity index (χ0n) is 12.7. The third kappa shape index (κ3) is 3.79. The van der Waals surface area contributed by atoms with Gasteiger partial charge in [-0.25, -0.2) is 0 Å². The molecule has 18 heavy (non-hydrogen) atoms. The van der Waals surface area contributed by atoms with E-state index in [0.29, 0.717) is 0 Å². The van der Waals surface area contributed by atoms with Gasteiger partial charge in [0.2, 0.25) is 0 Å². The molecule has 0 aliphatic carbocycles. The van der Waals surface area contributed by atoms with Crippen molar-refractivity contribution >= 4 is 0 Å². The van der Waals surface area contributed by atoms with E-state index in [1.165, 1.54) is 44.1 Å². The Morgan fingerprint density at radius 2 is 1.78 bits per heavy atom. The van der Waals surface area contributed by atoms with E-state index in [-0.39, 0.29) is 5.41 Å². The maximum atomic E-state index is 4.29. The highest BCUT2D eigenvalue weighted by Crippen LogP contribution is 2.34. The van der Waals surface area contributed by atoms with Crippen molar-refractivity contribution < 1.29 is 0 Å². The summed E-state index contributed by atoms with van der Waals surface area (Å²) in [6.45, 7) is 11.0. The molecule has 0 aliphatic heterocycles. The highest BCUT2D eigenvalue weighted by atomic mass is 15.1. The third-order valence-electron chi connectivity index (χ3n) is 4.11. The lowest BCUT2D eigenvalue weighted by atomic mass is 9.75. The molecular weight excluding hydrogens is 220 g/mol. The largest absolute Gasteiger partial charge is 0.156 e. The molecule has 0 saturated heterocycles. The summed E-state index contributed by atoms with van der Waals surface area (Å²) in [4.78, 5) is 0. The lowest BCUT2D eigenvalue weighted by molar-refractivity contribution is 0.391. The van der Waals surface area contributed by atoms with Gasteiger partial charge < -0.3 is 0 Å². The molecule has 0 fully saturated rings. The molecule has 1 unspecified atom stereocenters. The molecule has 0 saturated carbocycles. The molecule has 0 spiro atoms. The van der Waals surface area contributed by atoms with Crippen molar-refractivity contribution in [2.24, 2.45) is 0 Å². The molecule has 0 amide bonds. The van der Waals surface area contributed by atoms with Gasteiger partial charge in [-0.1, -0.05) is 46.5 Å². The highest BCUT2D eigenvalue weighted by molar-refractivity contribution is 5.28. The van der Waals surface area contributed by atoms with Crippen molar-refractivity contribution in [2.45, 2.75) is 78.6 Å².